The zero-order valence-corrected chi connectivity index (χ0v) is 13.3. The molecule has 1 unspecified atom stereocenters. The maximum absolute atomic E-state index is 12.2. The Morgan fingerprint density at radius 1 is 1.26 bits per heavy atom. The summed E-state index contributed by atoms with van der Waals surface area (Å²) in [4.78, 5) is 12.2. The van der Waals surface area contributed by atoms with Gasteiger partial charge in [-0.15, -0.1) is 0 Å². The molecule has 19 heavy (non-hydrogen) atoms. The highest BCUT2D eigenvalue weighted by atomic mass is 16.3. The van der Waals surface area contributed by atoms with Gasteiger partial charge in [0.2, 0.25) is 5.91 Å². The van der Waals surface area contributed by atoms with Gasteiger partial charge in [-0.2, -0.15) is 0 Å². The molecule has 0 spiro atoms. The average Bonchev–Trinajstić information content (AvgIpc) is 2.37. The van der Waals surface area contributed by atoms with Gasteiger partial charge in [0.25, 0.3) is 0 Å². The highest BCUT2D eigenvalue weighted by Crippen LogP contribution is 2.26. The molecule has 0 rings (SSSR count). The molecule has 0 saturated carbocycles. The van der Waals surface area contributed by atoms with Gasteiger partial charge >= 0.3 is 0 Å². The Morgan fingerprint density at radius 2 is 1.79 bits per heavy atom. The largest absolute Gasteiger partial charge is 0.396 e. The second-order valence-electron chi connectivity index (χ2n) is 6.78. The Bertz CT molecular complexity index is 260. The molecular weight excluding hydrogens is 240 g/mol. The number of hydrogen-bond donors (Lipinski definition) is 3. The molecule has 0 aliphatic carbocycles. The first-order valence-electron chi connectivity index (χ1n) is 7.32. The lowest BCUT2D eigenvalue weighted by molar-refractivity contribution is -0.126. The van der Waals surface area contributed by atoms with Crippen LogP contribution in [0.1, 0.15) is 53.9 Å². The maximum Gasteiger partial charge on any atom is 0.224 e. The van der Waals surface area contributed by atoms with E-state index in [1.165, 1.54) is 0 Å². The van der Waals surface area contributed by atoms with Crippen LogP contribution in [0.25, 0.3) is 0 Å². The highest BCUT2D eigenvalue weighted by Gasteiger charge is 2.28. The molecule has 0 fully saturated rings. The van der Waals surface area contributed by atoms with Crippen molar-refractivity contribution in [2.75, 3.05) is 19.7 Å². The number of carbonyl (C=O) groups excluding carboxylic acids is 1. The van der Waals surface area contributed by atoms with Gasteiger partial charge in [-0.1, -0.05) is 34.6 Å². The van der Waals surface area contributed by atoms with Gasteiger partial charge < -0.3 is 16.2 Å². The quantitative estimate of drug-likeness (QED) is 0.632. The fraction of sp³-hybridized carbons (Fsp3) is 0.933. The van der Waals surface area contributed by atoms with Crippen molar-refractivity contribution >= 4 is 5.91 Å². The van der Waals surface area contributed by atoms with E-state index in [1.807, 2.05) is 13.8 Å². The smallest absolute Gasteiger partial charge is 0.224 e. The summed E-state index contributed by atoms with van der Waals surface area (Å²) in [6.45, 7) is 11.4. The molecule has 0 aliphatic heterocycles. The van der Waals surface area contributed by atoms with Crippen LogP contribution in [0.15, 0.2) is 0 Å². The summed E-state index contributed by atoms with van der Waals surface area (Å²) in [7, 11) is 0. The lowest BCUT2D eigenvalue weighted by Crippen LogP contribution is -2.44. The number of aliphatic hydroxyl groups excluding tert-OH is 1. The van der Waals surface area contributed by atoms with Crippen molar-refractivity contribution in [1.29, 1.82) is 0 Å². The monoisotopic (exact) mass is 272 g/mol. The minimum Gasteiger partial charge on any atom is -0.396 e. The molecule has 114 valence electrons. The predicted molar refractivity (Wildman–Crippen MR) is 79.7 cm³/mol. The second kappa shape index (κ2) is 7.85. The maximum atomic E-state index is 12.2. The van der Waals surface area contributed by atoms with Crippen LogP contribution >= 0.6 is 0 Å². The number of rotatable bonds is 8. The number of hydrogen-bond acceptors (Lipinski definition) is 3. The normalized spacial score (nSPS) is 14.3. The Morgan fingerprint density at radius 3 is 2.11 bits per heavy atom. The van der Waals surface area contributed by atoms with Crippen molar-refractivity contribution < 1.29 is 9.90 Å². The van der Waals surface area contributed by atoms with Crippen LogP contribution in [0.4, 0.5) is 0 Å². The first-order valence-corrected chi connectivity index (χ1v) is 7.32. The van der Waals surface area contributed by atoms with Crippen molar-refractivity contribution in [2.24, 2.45) is 22.5 Å². The molecule has 1 amide bonds. The number of nitrogens with two attached hydrogens (primary N) is 1. The Balaban J connectivity index is 4.50. The van der Waals surface area contributed by atoms with Crippen LogP contribution in [0.2, 0.25) is 0 Å². The van der Waals surface area contributed by atoms with Crippen molar-refractivity contribution in [3.63, 3.8) is 0 Å². The van der Waals surface area contributed by atoms with E-state index in [9.17, 15) is 9.90 Å². The highest BCUT2D eigenvalue weighted by molar-refractivity contribution is 5.78. The second-order valence-corrected chi connectivity index (χ2v) is 6.78. The molecule has 4 heteroatoms. The van der Waals surface area contributed by atoms with Crippen molar-refractivity contribution in [2.45, 2.75) is 53.9 Å². The molecular formula is C15H32N2O2. The van der Waals surface area contributed by atoms with Gasteiger partial charge in [0.05, 0.1) is 12.5 Å². The molecule has 1 atom stereocenters. The molecule has 0 aromatic heterocycles. The fourth-order valence-corrected chi connectivity index (χ4v) is 2.22. The minimum atomic E-state index is -0.198. The van der Waals surface area contributed by atoms with E-state index in [0.717, 1.165) is 19.3 Å². The van der Waals surface area contributed by atoms with Gasteiger partial charge in [0.15, 0.2) is 0 Å². The van der Waals surface area contributed by atoms with Gasteiger partial charge in [-0.05, 0) is 24.7 Å². The first kappa shape index (κ1) is 18.4. The summed E-state index contributed by atoms with van der Waals surface area (Å²) in [6, 6.07) is 0. The Labute approximate surface area is 118 Å². The van der Waals surface area contributed by atoms with E-state index in [1.54, 1.807) is 0 Å². The SMILES string of the molecule is CCC(CC)(CO)CNC(=O)C(CN)CC(C)(C)C. The molecule has 4 nitrogen and oxygen atoms in total. The number of carbonyl (C=O) groups is 1. The van der Waals surface area contributed by atoms with E-state index >= 15 is 0 Å². The van der Waals surface area contributed by atoms with Crippen LogP contribution in [0, 0.1) is 16.7 Å². The van der Waals surface area contributed by atoms with Gasteiger partial charge in [0, 0.05) is 18.5 Å². The third-order valence-corrected chi connectivity index (χ3v) is 3.99. The first-order chi connectivity index (χ1) is 8.73. The number of amides is 1. The topological polar surface area (TPSA) is 75.3 Å². The van der Waals surface area contributed by atoms with E-state index in [0.29, 0.717) is 13.1 Å². The van der Waals surface area contributed by atoms with E-state index < -0.39 is 0 Å². The zero-order chi connectivity index (χ0) is 15.1. The average molecular weight is 272 g/mol. The third-order valence-electron chi connectivity index (χ3n) is 3.99. The minimum absolute atomic E-state index is 0.0113. The van der Waals surface area contributed by atoms with Crippen LogP contribution in [0.3, 0.4) is 0 Å². The van der Waals surface area contributed by atoms with Crippen molar-refractivity contribution in [3.05, 3.63) is 0 Å². The lowest BCUT2D eigenvalue weighted by atomic mass is 9.82. The standard InChI is InChI=1S/C15H32N2O2/c1-6-15(7-2,11-18)10-17-13(19)12(9-16)8-14(3,4)5/h12,18H,6-11,16H2,1-5H3,(H,17,19). The van der Waals surface area contributed by atoms with Crippen molar-refractivity contribution in [3.8, 4) is 0 Å². The summed E-state index contributed by atoms with van der Waals surface area (Å²) < 4.78 is 0. The molecule has 0 aromatic rings. The Hall–Kier alpha value is -0.610. The fourth-order valence-electron chi connectivity index (χ4n) is 2.22. The Kier molecular flexibility index (Phi) is 7.60. The third kappa shape index (κ3) is 6.39. The van der Waals surface area contributed by atoms with E-state index in [2.05, 4.69) is 26.1 Å². The summed E-state index contributed by atoms with van der Waals surface area (Å²) in [5.41, 5.74) is 5.60. The van der Waals surface area contributed by atoms with Gasteiger partial charge in [0.1, 0.15) is 0 Å². The van der Waals surface area contributed by atoms with Crippen LogP contribution < -0.4 is 11.1 Å². The molecule has 0 radical (unpaired) electrons. The molecule has 0 saturated heterocycles. The van der Waals surface area contributed by atoms with E-state index in [4.69, 9.17) is 5.73 Å². The van der Waals surface area contributed by atoms with Crippen LogP contribution in [-0.2, 0) is 4.79 Å². The number of nitrogens with one attached hydrogen (secondary N) is 1. The molecule has 0 heterocycles. The van der Waals surface area contributed by atoms with Crippen molar-refractivity contribution in [1.82, 2.24) is 5.32 Å². The molecule has 4 N–H and O–H groups in total. The van der Waals surface area contributed by atoms with Gasteiger partial charge in [-0.3, -0.25) is 4.79 Å². The predicted octanol–water partition coefficient (Wildman–Crippen LogP) is 1.91. The summed E-state index contributed by atoms with van der Waals surface area (Å²) in [5, 5.41) is 12.5. The summed E-state index contributed by atoms with van der Waals surface area (Å²) >= 11 is 0. The number of aliphatic hydroxyl groups is 1. The summed E-state index contributed by atoms with van der Waals surface area (Å²) in [5.74, 6) is -0.137. The zero-order valence-electron chi connectivity index (χ0n) is 13.3. The summed E-state index contributed by atoms with van der Waals surface area (Å²) in [6.07, 6.45) is 2.49. The molecule has 0 aromatic carbocycles. The van der Waals surface area contributed by atoms with Crippen LogP contribution in [-0.4, -0.2) is 30.7 Å². The molecule has 0 aliphatic rings. The van der Waals surface area contributed by atoms with Gasteiger partial charge in [-0.25, -0.2) is 0 Å². The van der Waals surface area contributed by atoms with E-state index in [-0.39, 0.29) is 29.3 Å². The van der Waals surface area contributed by atoms with Crippen LogP contribution in [0.5, 0.6) is 0 Å². The molecule has 0 bridgehead atoms. The lowest BCUT2D eigenvalue weighted by Gasteiger charge is -2.31.